The van der Waals surface area contributed by atoms with Crippen molar-refractivity contribution in [3.8, 4) is 0 Å². The third-order valence-electron chi connectivity index (χ3n) is 6.53. The molecule has 0 bridgehead atoms. The third kappa shape index (κ3) is 4.29. The zero-order chi connectivity index (χ0) is 18.0. The largest absolute Gasteiger partial charge is 0.466 e. The summed E-state index contributed by atoms with van der Waals surface area (Å²) < 4.78 is 5.05. The molecule has 0 amide bonds. The maximum absolute atomic E-state index is 12.3. The van der Waals surface area contributed by atoms with Gasteiger partial charge in [-0.2, -0.15) is 0 Å². The second-order valence-electron chi connectivity index (χ2n) is 8.92. The van der Waals surface area contributed by atoms with Crippen LogP contribution in [0.5, 0.6) is 0 Å². The third-order valence-corrected chi connectivity index (χ3v) is 6.53. The van der Waals surface area contributed by atoms with E-state index in [9.17, 15) is 9.59 Å². The van der Waals surface area contributed by atoms with E-state index in [0.29, 0.717) is 24.2 Å². The van der Waals surface area contributed by atoms with E-state index in [-0.39, 0.29) is 16.8 Å². The van der Waals surface area contributed by atoms with Gasteiger partial charge < -0.3 is 4.74 Å². The van der Waals surface area contributed by atoms with Gasteiger partial charge in [0, 0.05) is 13.3 Å². The Kier molecular flexibility index (Phi) is 5.93. The first kappa shape index (κ1) is 19.2. The van der Waals surface area contributed by atoms with Crippen molar-refractivity contribution in [3.63, 3.8) is 0 Å². The molecule has 3 nitrogen and oxygen atoms in total. The van der Waals surface area contributed by atoms with Crippen LogP contribution in [0.4, 0.5) is 0 Å². The molecule has 0 aliphatic heterocycles. The average Bonchev–Trinajstić information content (AvgIpc) is 2.46. The standard InChI is InChI=1S/C21H34O3/c1-15(9-12-24-16(2)22)7-8-17-13-18(23)14-19-20(3,4)10-6-11-21(17,19)5/h13,15,19H,6-12,14H2,1-5H3. The summed E-state index contributed by atoms with van der Waals surface area (Å²) in [5.41, 5.74) is 1.81. The monoisotopic (exact) mass is 334 g/mol. The number of rotatable bonds is 6. The Morgan fingerprint density at radius 1 is 1.29 bits per heavy atom. The van der Waals surface area contributed by atoms with Crippen LogP contribution in [-0.4, -0.2) is 18.4 Å². The van der Waals surface area contributed by atoms with Gasteiger partial charge in [-0.1, -0.05) is 39.7 Å². The van der Waals surface area contributed by atoms with Crippen molar-refractivity contribution in [2.75, 3.05) is 6.61 Å². The lowest BCUT2D eigenvalue weighted by Crippen LogP contribution is -2.46. The molecule has 0 aromatic heterocycles. The summed E-state index contributed by atoms with van der Waals surface area (Å²) in [7, 11) is 0. The first-order valence-corrected chi connectivity index (χ1v) is 9.52. The fourth-order valence-corrected chi connectivity index (χ4v) is 4.94. The highest BCUT2D eigenvalue weighted by Gasteiger charge is 2.50. The Hall–Kier alpha value is -1.12. The van der Waals surface area contributed by atoms with E-state index in [0.717, 1.165) is 25.7 Å². The van der Waals surface area contributed by atoms with Gasteiger partial charge in [0.15, 0.2) is 5.78 Å². The molecule has 3 atom stereocenters. The van der Waals surface area contributed by atoms with Crippen LogP contribution in [0.1, 0.15) is 79.6 Å². The maximum Gasteiger partial charge on any atom is 0.302 e. The smallest absolute Gasteiger partial charge is 0.302 e. The molecule has 0 aromatic rings. The first-order chi connectivity index (χ1) is 11.1. The number of carbonyl (C=O) groups excluding carboxylic acids is 2. The second-order valence-corrected chi connectivity index (χ2v) is 8.92. The topological polar surface area (TPSA) is 43.4 Å². The molecular formula is C21H34O3. The number of ketones is 1. The molecule has 2 aliphatic carbocycles. The van der Waals surface area contributed by atoms with Gasteiger partial charge in [0.05, 0.1) is 6.61 Å². The van der Waals surface area contributed by atoms with Crippen LogP contribution >= 0.6 is 0 Å². The van der Waals surface area contributed by atoms with E-state index in [4.69, 9.17) is 4.74 Å². The van der Waals surface area contributed by atoms with E-state index in [1.165, 1.54) is 31.8 Å². The van der Waals surface area contributed by atoms with Gasteiger partial charge in [-0.25, -0.2) is 0 Å². The van der Waals surface area contributed by atoms with Crippen LogP contribution < -0.4 is 0 Å². The Morgan fingerprint density at radius 3 is 2.67 bits per heavy atom. The van der Waals surface area contributed by atoms with Crippen LogP contribution in [0.2, 0.25) is 0 Å². The molecule has 0 aromatic carbocycles. The highest BCUT2D eigenvalue weighted by atomic mass is 16.5. The van der Waals surface area contributed by atoms with Crippen LogP contribution in [0.15, 0.2) is 11.6 Å². The molecule has 1 saturated carbocycles. The molecule has 0 heterocycles. The molecule has 0 saturated heterocycles. The number of esters is 1. The summed E-state index contributed by atoms with van der Waals surface area (Å²) in [6.07, 6.45) is 9.32. The number of fused-ring (bicyclic) bond motifs is 1. The lowest BCUT2D eigenvalue weighted by molar-refractivity contribution is -0.141. The molecule has 0 spiro atoms. The summed E-state index contributed by atoms with van der Waals surface area (Å²) >= 11 is 0. The highest BCUT2D eigenvalue weighted by molar-refractivity contribution is 5.92. The number of hydrogen-bond acceptors (Lipinski definition) is 3. The predicted octanol–water partition coefficient (Wildman–Crippen LogP) is 5.09. The first-order valence-electron chi connectivity index (χ1n) is 9.52. The summed E-state index contributed by atoms with van der Waals surface area (Å²) in [5, 5.41) is 0. The Balaban J connectivity index is 2.00. The van der Waals surface area contributed by atoms with Crippen molar-refractivity contribution >= 4 is 11.8 Å². The zero-order valence-electron chi connectivity index (χ0n) is 16.1. The van der Waals surface area contributed by atoms with Crippen LogP contribution in [0.25, 0.3) is 0 Å². The van der Waals surface area contributed by atoms with Crippen molar-refractivity contribution in [2.24, 2.45) is 22.7 Å². The van der Waals surface area contributed by atoms with Crippen LogP contribution in [0, 0.1) is 22.7 Å². The SMILES string of the molecule is CC(=O)OCCC(C)CCC1=CC(=O)CC2C(C)(C)CCCC12C. The fourth-order valence-electron chi connectivity index (χ4n) is 4.94. The molecule has 0 N–H and O–H groups in total. The van der Waals surface area contributed by atoms with Gasteiger partial charge in [0.2, 0.25) is 0 Å². The maximum atomic E-state index is 12.3. The number of ether oxygens (including phenoxy) is 1. The van der Waals surface area contributed by atoms with Crippen molar-refractivity contribution in [2.45, 2.75) is 79.6 Å². The van der Waals surface area contributed by atoms with Gasteiger partial charge in [0.25, 0.3) is 0 Å². The van der Waals surface area contributed by atoms with E-state index in [1.807, 2.05) is 6.08 Å². The zero-order valence-corrected chi connectivity index (χ0v) is 16.1. The molecule has 3 unspecified atom stereocenters. The van der Waals surface area contributed by atoms with E-state index >= 15 is 0 Å². The lowest BCUT2D eigenvalue weighted by Gasteiger charge is -2.54. The number of hydrogen-bond donors (Lipinski definition) is 0. The quantitative estimate of drug-likeness (QED) is 0.636. The Bertz CT molecular complexity index is 517. The van der Waals surface area contributed by atoms with E-state index in [2.05, 4.69) is 27.7 Å². The normalized spacial score (nSPS) is 30.3. The van der Waals surface area contributed by atoms with Gasteiger partial charge in [0.1, 0.15) is 0 Å². The molecule has 136 valence electrons. The predicted molar refractivity (Wildman–Crippen MR) is 96.6 cm³/mol. The number of allylic oxidation sites excluding steroid dienone is 2. The van der Waals surface area contributed by atoms with Gasteiger partial charge >= 0.3 is 5.97 Å². The van der Waals surface area contributed by atoms with Crippen molar-refractivity contribution in [1.82, 2.24) is 0 Å². The minimum Gasteiger partial charge on any atom is -0.466 e. The molecule has 2 aliphatic rings. The molecule has 0 radical (unpaired) electrons. The van der Waals surface area contributed by atoms with Crippen LogP contribution in [-0.2, 0) is 14.3 Å². The van der Waals surface area contributed by atoms with E-state index < -0.39 is 0 Å². The van der Waals surface area contributed by atoms with Crippen molar-refractivity contribution in [3.05, 3.63) is 11.6 Å². The fraction of sp³-hybridized carbons (Fsp3) is 0.810. The summed E-state index contributed by atoms with van der Waals surface area (Å²) in [6.45, 7) is 11.2. The molecule has 3 heteroatoms. The Morgan fingerprint density at radius 2 is 2.00 bits per heavy atom. The minimum atomic E-state index is -0.206. The molecule has 1 fully saturated rings. The highest BCUT2D eigenvalue weighted by Crippen LogP contribution is 2.58. The van der Waals surface area contributed by atoms with E-state index in [1.54, 1.807) is 0 Å². The minimum absolute atomic E-state index is 0.186. The lowest BCUT2D eigenvalue weighted by atomic mass is 9.50. The molecular weight excluding hydrogens is 300 g/mol. The van der Waals surface area contributed by atoms with Gasteiger partial charge in [-0.3, -0.25) is 9.59 Å². The summed E-state index contributed by atoms with van der Waals surface area (Å²) in [6, 6.07) is 0. The average molecular weight is 335 g/mol. The second kappa shape index (κ2) is 7.41. The molecule has 24 heavy (non-hydrogen) atoms. The Labute approximate surface area is 147 Å². The van der Waals surface area contributed by atoms with Gasteiger partial charge in [-0.15, -0.1) is 0 Å². The van der Waals surface area contributed by atoms with Gasteiger partial charge in [-0.05, 0) is 60.8 Å². The van der Waals surface area contributed by atoms with Crippen molar-refractivity contribution < 1.29 is 14.3 Å². The summed E-state index contributed by atoms with van der Waals surface area (Å²) in [5.74, 6) is 1.08. The molecule has 2 rings (SSSR count). The summed E-state index contributed by atoms with van der Waals surface area (Å²) in [4.78, 5) is 23.2. The van der Waals surface area contributed by atoms with Crippen molar-refractivity contribution in [1.29, 1.82) is 0 Å². The number of carbonyl (C=O) groups is 2. The van der Waals surface area contributed by atoms with Crippen LogP contribution in [0.3, 0.4) is 0 Å².